The minimum Gasteiger partial charge on any atom is -0.338 e. The lowest BCUT2D eigenvalue weighted by Crippen LogP contribution is -2.45. The van der Waals surface area contributed by atoms with E-state index in [1.807, 2.05) is 6.92 Å². The second-order valence-electron chi connectivity index (χ2n) is 5.34. The molecule has 0 aromatic rings. The van der Waals surface area contributed by atoms with Gasteiger partial charge in [0.15, 0.2) is 0 Å². The van der Waals surface area contributed by atoms with E-state index in [1.165, 1.54) is 0 Å². The van der Waals surface area contributed by atoms with Gasteiger partial charge in [-0.05, 0) is 32.7 Å². The third-order valence-electron chi connectivity index (χ3n) is 3.86. The van der Waals surface area contributed by atoms with E-state index in [4.69, 9.17) is 0 Å². The van der Waals surface area contributed by atoms with Crippen LogP contribution >= 0.6 is 0 Å². The van der Waals surface area contributed by atoms with E-state index in [0.29, 0.717) is 6.04 Å². The van der Waals surface area contributed by atoms with Gasteiger partial charge in [-0.3, -0.25) is 4.79 Å². The van der Waals surface area contributed by atoms with Crippen molar-refractivity contribution < 1.29 is 18.0 Å². The molecule has 2 rings (SSSR count). The zero-order chi connectivity index (χ0) is 14.0. The molecule has 0 radical (unpaired) electrons. The van der Waals surface area contributed by atoms with Gasteiger partial charge in [-0.2, -0.15) is 13.2 Å². The van der Waals surface area contributed by atoms with Crippen molar-refractivity contribution in [2.75, 3.05) is 19.6 Å². The number of nitrogens with one attached hydrogen (secondary N) is 1. The molecule has 0 bridgehead atoms. The standard InChI is InChI=1S/C13H19F3N2O/c1-9-8-10(2-5-17-9)12(19)18-6-3-11(4-7-18)13(14,15)16/h3,9-10,17H,2,4-8H2,1H3. The smallest absolute Gasteiger partial charge is 0.338 e. The molecule has 2 heterocycles. The summed E-state index contributed by atoms with van der Waals surface area (Å²) in [5.74, 6) is -0.0390. The molecule has 1 fully saturated rings. The third-order valence-corrected chi connectivity index (χ3v) is 3.86. The fraction of sp³-hybridized carbons (Fsp3) is 0.769. The predicted molar refractivity (Wildman–Crippen MR) is 65.5 cm³/mol. The van der Waals surface area contributed by atoms with Crippen LogP contribution in [0.25, 0.3) is 0 Å². The van der Waals surface area contributed by atoms with Gasteiger partial charge in [0, 0.05) is 30.6 Å². The number of hydrogen-bond donors (Lipinski definition) is 1. The normalized spacial score (nSPS) is 29.1. The minimum absolute atomic E-state index is 0.00539. The summed E-state index contributed by atoms with van der Waals surface area (Å²) in [5, 5.41) is 3.27. The molecular formula is C13H19F3N2O. The molecule has 1 saturated heterocycles. The van der Waals surface area contributed by atoms with E-state index in [2.05, 4.69) is 5.32 Å². The van der Waals surface area contributed by atoms with E-state index in [1.54, 1.807) is 4.90 Å². The van der Waals surface area contributed by atoms with Gasteiger partial charge in [0.25, 0.3) is 0 Å². The number of hydrogen-bond acceptors (Lipinski definition) is 2. The van der Waals surface area contributed by atoms with Gasteiger partial charge in [0.05, 0.1) is 0 Å². The maximum atomic E-state index is 12.5. The molecule has 2 unspecified atom stereocenters. The van der Waals surface area contributed by atoms with Crippen molar-refractivity contribution in [2.45, 2.75) is 38.4 Å². The topological polar surface area (TPSA) is 32.3 Å². The summed E-state index contributed by atoms with van der Waals surface area (Å²) in [7, 11) is 0. The fourth-order valence-corrected chi connectivity index (χ4v) is 2.74. The second-order valence-corrected chi connectivity index (χ2v) is 5.34. The lowest BCUT2D eigenvalue weighted by atomic mass is 9.91. The second kappa shape index (κ2) is 5.53. The van der Waals surface area contributed by atoms with Crippen LogP contribution < -0.4 is 5.32 Å². The Morgan fingerprint density at radius 2 is 2.21 bits per heavy atom. The molecule has 1 N–H and O–H groups in total. The average Bonchev–Trinajstić information content (AvgIpc) is 2.37. The molecule has 0 spiro atoms. The van der Waals surface area contributed by atoms with Crippen molar-refractivity contribution >= 4 is 5.91 Å². The Kier molecular flexibility index (Phi) is 4.18. The third kappa shape index (κ3) is 3.49. The molecular weight excluding hydrogens is 257 g/mol. The average molecular weight is 276 g/mol. The number of alkyl halides is 3. The number of carbonyl (C=O) groups excluding carboxylic acids is 1. The lowest BCUT2D eigenvalue weighted by molar-refractivity contribution is -0.137. The van der Waals surface area contributed by atoms with Gasteiger partial charge in [0.2, 0.25) is 5.91 Å². The number of piperidine rings is 1. The van der Waals surface area contributed by atoms with Crippen LogP contribution in [0.15, 0.2) is 11.6 Å². The summed E-state index contributed by atoms with van der Waals surface area (Å²) in [6.07, 6.45) is -1.65. The van der Waals surface area contributed by atoms with Crippen LogP contribution in [-0.2, 0) is 4.79 Å². The Morgan fingerprint density at radius 3 is 2.74 bits per heavy atom. The molecule has 2 atom stereocenters. The largest absolute Gasteiger partial charge is 0.412 e. The number of rotatable bonds is 1. The highest BCUT2D eigenvalue weighted by Gasteiger charge is 2.36. The van der Waals surface area contributed by atoms with E-state index in [9.17, 15) is 18.0 Å². The van der Waals surface area contributed by atoms with Crippen molar-refractivity contribution in [1.82, 2.24) is 10.2 Å². The fourth-order valence-electron chi connectivity index (χ4n) is 2.74. The van der Waals surface area contributed by atoms with Crippen LogP contribution in [0.4, 0.5) is 13.2 Å². The zero-order valence-electron chi connectivity index (χ0n) is 11.0. The van der Waals surface area contributed by atoms with E-state index >= 15 is 0 Å². The summed E-state index contributed by atoms with van der Waals surface area (Å²) in [5.41, 5.74) is -0.504. The first-order valence-corrected chi connectivity index (χ1v) is 6.66. The predicted octanol–water partition coefficient (Wildman–Crippen LogP) is 2.10. The summed E-state index contributed by atoms with van der Waals surface area (Å²) in [6, 6.07) is 0.300. The maximum absolute atomic E-state index is 12.5. The number of carbonyl (C=O) groups is 1. The first-order chi connectivity index (χ1) is 8.88. The van der Waals surface area contributed by atoms with Crippen molar-refractivity contribution in [2.24, 2.45) is 5.92 Å². The summed E-state index contributed by atoms with van der Waals surface area (Å²) in [6.45, 7) is 3.10. The van der Waals surface area contributed by atoms with Crippen LogP contribution in [0.5, 0.6) is 0 Å². The molecule has 3 nitrogen and oxygen atoms in total. The molecule has 2 aliphatic heterocycles. The first-order valence-electron chi connectivity index (χ1n) is 6.66. The van der Waals surface area contributed by atoms with Crippen molar-refractivity contribution in [3.63, 3.8) is 0 Å². The van der Waals surface area contributed by atoms with Crippen molar-refractivity contribution in [1.29, 1.82) is 0 Å². The summed E-state index contributed by atoms with van der Waals surface area (Å²) in [4.78, 5) is 13.8. The summed E-state index contributed by atoms with van der Waals surface area (Å²) >= 11 is 0. The van der Waals surface area contributed by atoms with E-state index in [0.717, 1.165) is 25.5 Å². The molecule has 6 heteroatoms. The quantitative estimate of drug-likeness (QED) is 0.744. The Labute approximate surface area is 110 Å². The monoisotopic (exact) mass is 276 g/mol. The number of halogens is 3. The Bertz CT molecular complexity index is 379. The van der Waals surface area contributed by atoms with Gasteiger partial charge in [-0.1, -0.05) is 6.08 Å². The summed E-state index contributed by atoms with van der Waals surface area (Å²) < 4.78 is 37.5. The highest BCUT2D eigenvalue weighted by atomic mass is 19.4. The molecule has 0 aromatic carbocycles. The van der Waals surface area contributed by atoms with E-state index < -0.39 is 11.7 Å². The molecule has 0 aliphatic carbocycles. The van der Waals surface area contributed by atoms with Crippen LogP contribution in [0.2, 0.25) is 0 Å². The molecule has 2 aliphatic rings. The Morgan fingerprint density at radius 1 is 1.47 bits per heavy atom. The Hall–Kier alpha value is -1.04. The Balaban J connectivity index is 1.94. The van der Waals surface area contributed by atoms with Gasteiger partial charge < -0.3 is 10.2 Å². The van der Waals surface area contributed by atoms with Crippen LogP contribution in [0, 0.1) is 5.92 Å². The van der Waals surface area contributed by atoms with Gasteiger partial charge in [0.1, 0.15) is 0 Å². The molecule has 0 saturated carbocycles. The zero-order valence-corrected chi connectivity index (χ0v) is 11.0. The van der Waals surface area contributed by atoms with Gasteiger partial charge in [-0.25, -0.2) is 0 Å². The molecule has 0 aromatic heterocycles. The van der Waals surface area contributed by atoms with Crippen LogP contribution in [0.3, 0.4) is 0 Å². The number of amides is 1. The minimum atomic E-state index is -4.25. The number of nitrogens with zero attached hydrogens (tertiary/aromatic N) is 1. The molecule has 1 amide bonds. The van der Waals surface area contributed by atoms with Crippen LogP contribution in [0.1, 0.15) is 26.2 Å². The first kappa shape index (κ1) is 14.4. The van der Waals surface area contributed by atoms with Crippen molar-refractivity contribution in [3.05, 3.63) is 11.6 Å². The lowest BCUT2D eigenvalue weighted by Gasteiger charge is -2.33. The van der Waals surface area contributed by atoms with Gasteiger partial charge >= 0.3 is 6.18 Å². The highest BCUT2D eigenvalue weighted by molar-refractivity contribution is 5.79. The maximum Gasteiger partial charge on any atom is 0.412 e. The molecule has 19 heavy (non-hydrogen) atoms. The van der Waals surface area contributed by atoms with Crippen molar-refractivity contribution in [3.8, 4) is 0 Å². The highest BCUT2D eigenvalue weighted by Crippen LogP contribution is 2.31. The SMILES string of the molecule is CC1CC(C(=O)N2CC=C(C(F)(F)F)CC2)CCN1. The van der Waals surface area contributed by atoms with Gasteiger partial charge in [-0.15, -0.1) is 0 Å². The molecule has 108 valence electrons. The van der Waals surface area contributed by atoms with E-state index in [-0.39, 0.29) is 31.3 Å². The van der Waals surface area contributed by atoms with Crippen LogP contribution in [-0.4, -0.2) is 42.7 Å².